The lowest BCUT2D eigenvalue weighted by molar-refractivity contribution is -0.384. The Hall–Kier alpha value is -3.59. The minimum Gasteiger partial charge on any atom is -0.495 e. The van der Waals surface area contributed by atoms with Gasteiger partial charge in [0.15, 0.2) is 5.88 Å². The van der Waals surface area contributed by atoms with Gasteiger partial charge in [0.1, 0.15) is 5.75 Å². The highest BCUT2D eigenvalue weighted by molar-refractivity contribution is 5.80. The highest BCUT2D eigenvalue weighted by Gasteiger charge is 2.07. The smallest absolute Gasteiger partial charge is 0.271 e. The Kier molecular flexibility index (Phi) is 11.8. The van der Waals surface area contributed by atoms with Crippen LogP contribution in [0.1, 0.15) is 6.92 Å². The Morgan fingerprint density at radius 2 is 1.82 bits per heavy atom. The summed E-state index contributed by atoms with van der Waals surface area (Å²) in [5, 5.41) is 19.9. The Labute approximate surface area is 164 Å². The Bertz CT molecular complexity index is 766. The van der Waals surface area contributed by atoms with Gasteiger partial charge in [0, 0.05) is 30.1 Å². The molecule has 9 nitrogen and oxygen atoms in total. The molecule has 28 heavy (non-hydrogen) atoms. The number of nitro groups is 1. The van der Waals surface area contributed by atoms with E-state index in [1.54, 1.807) is 14.0 Å². The van der Waals surface area contributed by atoms with Crippen LogP contribution in [-0.2, 0) is 4.74 Å². The fourth-order valence-corrected chi connectivity index (χ4v) is 1.57. The van der Waals surface area contributed by atoms with Crippen LogP contribution in [0.5, 0.6) is 5.75 Å². The summed E-state index contributed by atoms with van der Waals surface area (Å²) in [6.45, 7) is 5.70. The Morgan fingerprint density at radius 1 is 1.25 bits per heavy atom. The van der Waals surface area contributed by atoms with Gasteiger partial charge in [-0.2, -0.15) is 0 Å². The van der Waals surface area contributed by atoms with E-state index in [2.05, 4.69) is 11.9 Å². The molecular weight excluding hydrogens is 362 g/mol. The number of nitrogens with one attached hydrogen (secondary N) is 2. The number of nitrogen functional groups attached to an aromatic ring is 1. The summed E-state index contributed by atoms with van der Waals surface area (Å²) in [4.78, 5) is 9.76. The van der Waals surface area contributed by atoms with Crippen molar-refractivity contribution >= 4 is 22.8 Å². The number of nitro benzene ring substituents is 1. The predicted octanol–water partition coefficient (Wildman–Crippen LogP) is 3.39. The van der Waals surface area contributed by atoms with E-state index < -0.39 is 4.92 Å². The van der Waals surface area contributed by atoms with Crippen molar-refractivity contribution in [1.29, 1.82) is 5.41 Å². The normalized spacial score (nSPS) is 8.86. The molecule has 9 heteroatoms. The van der Waals surface area contributed by atoms with Gasteiger partial charge in [0.2, 0.25) is 0 Å². The fourth-order valence-electron chi connectivity index (χ4n) is 1.57. The number of anilines is 2. The number of nitrogens with zero attached hydrogens (tertiary/aromatic N) is 1. The van der Waals surface area contributed by atoms with Crippen molar-refractivity contribution in [3.05, 3.63) is 71.1 Å². The van der Waals surface area contributed by atoms with Crippen molar-refractivity contribution < 1.29 is 14.4 Å². The molecule has 2 rings (SSSR count). The molecule has 0 bridgehead atoms. The monoisotopic (exact) mass is 389 g/mol. The summed E-state index contributed by atoms with van der Waals surface area (Å²) in [6, 6.07) is 13.8. The first kappa shape index (κ1) is 24.4. The molecular formula is C19H27N5O4. The van der Waals surface area contributed by atoms with Crippen LogP contribution < -0.4 is 21.5 Å². The zero-order valence-corrected chi connectivity index (χ0v) is 16.3. The van der Waals surface area contributed by atoms with Crippen molar-refractivity contribution in [2.24, 2.45) is 5.73 Å². The summed E-state index contributed by atoms with van der Waals surface area (Å²) >= 11 is 0. The number of para-hydroxylation sites is 1. The minimum absolute atomic E-state index is 0.0340. The van der Waals surface area contributed by atoms with Crippen LogP contribution in [0.25, 0.3) is 0 Å². The zero-order valence-electron chi connectivity index (χ0n) is 16.3. The maximum Gasteiger partial charge on any atom is 0.271 e. The molecule has 0 fully saturated rings. The van der Waals surface area contributed by atoms with Crippen LogP contribution in [0.4, 0.5) is 17.1 Å². The molecule has 0 heterocycles. The summed E-state index contributed by atoms with van der Waals surface area (Å²) in [5.74, 6) is 0.997. The molecule has 0 aromatic heterocycles. The fraction of sp³-hybridized carbons (Fsp3) is 0.211. The second-order valence-electron chi connectivity index (χ2n) is 5.29. The largest absolute Gasteiger partial charge is 0.495 e. The third-order valence-electron chi connectivity index (χ3n) is 3.03. The average molecular weight is 389 g/mol. The van der Waals surface area contributed by atoms with E-state index in [4.69, 9.17) is 26.4 Å². The van der Waals surface area contributed by atoms with Gasteiger partial charge in [0.25, 0.3) is 5.69 Å². The minimum atomic E-state index is -0.504. The first-order chi connectivity index (χ1) is 13.2. The maximum absolute atomic E-state index is 10.3. The molecule has 0 aliphatic carbocycles. The topological polar surface area (TPSA) is 150 Å². The molecule has 2 aromatic rings. The zero-order chi connectivity index (χ0) is 21.5. The lowest BCUT2D eigenvalue weighted by Crippen LogP contribution is -2.07. The number of non-ortho nitro benzene ring substituents is 1. The third kappa shape index (κ3) is 10.4. The highest BCUT2D eigenvalue weighted by atomic mass is 16.6. The molecule has 0 spiro atoms. The molecule has 2 aromatic carbocycles. The molecule has 6 N–H and O–H groups in total. The summed E-state index contributed by atoms with van der Waals surface area (Å²) in [5.41, 5.74) is 12.1. The van der Waals surface area contributed by atoms with E-state index in [0.29, 0.717) is 23.9 Å². The van der Waals surface area contributed by atoms with Crippen molar-refractivity contribution in [2.75, 3.05) is 31.8 Å². The third-order valence-corrected chi connectivity index (χ3v) is 3.03. The number of ether oxygens (including phenoxy) is 2. The van der Waals surface area contributed by atoms with E-state index in [1.165, 1.54) is 25.3 Å². The maximum atomic E-state index is 10.3. The number of hydrogen-bond donors (Lipinski definition) is 4. The highest BCUT2D eigenvalue weighted by Crippen LogP contribution is 2.25. The first-order valence-corrected chi connectivity index (χ1v) is 8.12. The molecule has 0 aliphatic rings. The van der Waals surface area contributed by atoms with Gasteiger partial charge in [-0.25, -0.2) is 0 Å². The van der Waals surface area contributed by atoms with Crippen LogP contribution in [0.15, 0.2) is 61.0 Å². The van der Waals surface area contributed by atoms with Gasteiger partial charge in [0.05, 0.1) is 24.8 Å². The number of methoxy groups -OCH3 is 2. The van der Waals surface area contributed by atoms with Crippen molar-refractivity contribution in [3.63, 3.8) is 0 Å². The second-order valence-corrected chi connectivity index (χ2v) is 5.29. The van der Waals surface area contributed by atoms with E-state index in [0.717, 1.165) is 5.69 Å². The van der Waals surface area contributed by atoms with Gasteiger partial charge in [-0.05, 0) is 31.7 Å². The van der Waals surface area contributed by atoms with Crippen molar-refractivity contribution in [1.82, 2.24) is 0 Å². The van der Waals surface area contributed by atoms with E-state index in [-0.39, 0.29) is 11.4 Å². The number of hydrogen-bond acceptors (Lipinski definition) is 8. The Morgan fingerprint density at radius 3 is 2.21 bits per heavy atom. The quantitative estimate of drug-likeness (QED) is 0.194. The van der Waals surface area contributed by atoms with Crippen molar-refractivity contribution in [3.8, 4) is 5.75 Å². The standard InChI is InChI=1S/C9H11NO.C7H8N2O3.C3H8N2/c1-8(11-2)10-9-6-4-3-5-7-9;1-12-7-3-2-5(9(10)11)4-6(7)8;1-3(5)2-4/h3-7,10H,1H2,2H3;2-4H,8H2,1H3;5H,2,4H2,1H3. The molecule has 0 radical (unpaired) electrons. The average Bonchev–Trinajstić information content (AvgIpc) is 2.69. The van der Waals surface area contributed by atoms with Crippen LogP contribution >= 0.6 is 0 Å². The van der Waals surface area contributed by atoms with Gasteiger partial charge < -0.3 is 31.7 Å². The SMILES string of the molecule is C=C(Nc1ccccc1)OC.CC(=N)CN.COc1ccc([N+](=O)[O-])cc1N. The molecule has 0 saturated carbocycles. The lowest BCUT2D eigenvalue weighted by Gasteiger charge is -2.06. The summed E-state index contributed by atoms with van der Waals surface area (Å²) in [7, 11) is 3.04. The van der Waals surface area contributed by atoms with Gasteiger partial charge in [-0.15, -0.1) is 0 Å². The van der Waals surface area contributed by atoms with Gasteiger partial charge in [-0.1, -0.05) is 18.2 Å². The van der Waals surface area contributed by atoms with Crippen LogP contribution in [0, 0.1) is 15.5 Å². The van der Waals surface area contributed by atoms with Crippen LogP contribution in [0.2, 0.25) is 0 Å². The van der Waals surface area contributed by atoms with Gasteiger partial charge >= 0.3 is 0 Å². The number of nitrogens with two attached hydrogens (primary N) is 2. The molecule has 152 valence electrons. The molecule has 0 atom stereocenters. The van der Waals surface area contributed by atoms with Crippen LogP contribution in [-0.4, -0.2) is 31.4 Å². The number of rotatable bonds is 6. The Balaban J connectivity index is 0.000000424. The molecule has 0 aliphatic heterocycles. The van der Waals surface area contributed by atoms with Gasteiger partial charge in [-0.3, -0.25) is 10.1 Å². The van der Waals surface area contributed by atoms with E-state index >= 15 is 0 Å². The number of benzene rings is 2. The molecule has 0 amide bonds. The first-order valence-electron chi connectivity index (χ1n) is 8.12. The summed E-state index contributed by atoms with van der Waals surface area (Å²) < 4.78 is 9.68. The predicted molar refractivity (Wildman–Crippen MR) is 113 cm³/mol. The molecule has 0 unspecified atom stereocenters. The molecule has 0 saturated heterocycles. The lowest BCUT2D eigenvalue weighted by atomic mass is 10.2. The second kappa shape index (κ2) is 13.6. The van der Waals surface area contributed by atoms with E-state index in [1.807, 2.05) is 30.3 Å². The van der Waals surface area contributed by atoms with Crippen molar-refractivity contribution in [2.45, 2.75) is 6.92 Å². The van der Waals surface area contributed by atoms with Crippen LogP contribution in [0.3, 0.4) is 0 Å². The van der Waals surface area contributed by atoms with E-state index in [9.17, 15) is 10.1 Å². The summed E-state index contributed by atoms with van der Waals surface area (Å²) in [6.07, 6.45) is 0.